The number of hydrogen-bond donors (Lipinski definition) is 0. The molecule has 2 aromatic rings. The summed E-state index contributed by atoms with van der Waals surface area (Å²) in [5, 5.41) is 0. The number of aryl methyl sites for hydroxylation is 2. The molecule has 0 bridgehead atoms. The number of pyridine rings is 1. The predicted octanol–water partition coefficient (Wildman–Crippen LogP) is 2.44. The minimum atomic E-state index is -3.46. The molecule has 1 aliphatic heterocycles. The molecule has 1 aromatic heterocycles. The maximum Gasteiger partial charge on any atom is 0.182 e. The van der Waals surface area contributed by atoms with Gasteiger partial charge in [0.1, 0.15) is 13.2 Å². The highest BCUT2D eigenvalue weighted by Gasteiger charge is 2.21. The Morgan fingerprint density at radius 2 is 1.77 bits per heavy atom. The fraction of sp³-hybridized carbons (Fsp3) is 0.312. The molecule has 0 aliphatic carbocycles. The van der Waals surface area contributed by atoms with Gasteiger partial charge in [-0.05, 0) is 37.6 Å². The van der Waals surface area contributed by atoms with E-state index in [0.717, 1.165) is 11.4 Å². The highest BCUT2D eigenvalue weighted by molar-refractivity contribution is 7.90. The minimum Gasteiger partial charge on any atom is -0.486 e. The number of aromatic nitrogens is 1. The molecule has 6 heteroatoms. The van der Waals surface area contributed by atoms with Crippen LogP contribution in [0.15, 0.2) is 35.2 Å². The Hall–Kier alpha value is -2.08. The van der Waals surface area contributed by atoms with Crippen molar-refractivity contribution in [1.29, 1.82) is 0 Å². The normalized spacial score (nSPS) is 13.9. The number of fused-ring (bicyclic) bond motifs is 1. The van der Waals surface area contributed by atoms with Gasteiger partial charge in [0.25, 0.3) is 0 Å². The molecule has 0 amide bonds. The Balaban J connectivity index is 1.92. The van der Waals surface area contributed by atoms with Crippen molar-refractivity contribution in [2.45, 2.75) is 24.5 Å². The lowest BCUT2D eigenvalue weighted by atomic mass is 10.2. The first kappa shape index (κ1) is 14.8. The molecule has 0 atom stereocenters. The highest BCUT2D eigenvalue weighted by Crippen LogP contribution is 2.33. The third-order valence-electron chi connectivity index (χ3n) is 3.55. The Morgan fingerprint density at radius 3 is 2.50 bits per heavy atom. The third-order valence-corrected chi connectivity index (χ3v) is 5.22. The first-order valence-electron chi connectivity index (χ1n) is 7.01. The zero-order chi connectivity index (χ0) is 15.7. The van der Waals surface area contributed by atoms with Crippen LogP contribution < -0.4 is 9.47 Å². The molecule has 0 saturated carbocycles. The molecule has 0 N–H and O–H groups in total. The van der Waals surface area contributed by atoms with Crippen molar-refractivity contribution >= 4 is 9.84 Å². The Kier molecular flexibility index (Phi) is 3.78. The van der Waals surface area contributed by atoms with E-state index in [1.165, 1.54) is 6.07 Å². The molecule has 5 nitrogen and oxygen atoms in total. The van der Waals surface area contributed by atoms with Gasteiger partial charge in [0, 0.05) is 17.5 Å². The van der Waals surface area contributed by atoms with Crippen LogP contribution in [0.2, 0.25) is 0 Å². The van der Waals surface area contributed by atoms with Crippen molar-refractivity contribution < 1.29 is 17.9 Å². The molecule has 0 spiro atoms. The van der Waals surface area contributed by atoms with Crippen molar-refractivity contribution in [3.8, 4) is 11.5 Å². The monoisotopic (exact) mass is 319 g/mol. The van der Waals surface area contributed by atoms with E-state index >= 15 is 0 Å². The number of benzene rings is 1. The zero-order valence-corrected chi connectivity index (χ0v) is 13.3. The van der Waals surface area contributed by atoms with Crippen LogP contribution >= 0.6 is 0 Å². The Morgan fingerprint density at radius 1 is 1.05 bits per heavy atom. The lowest BCUT2D eigenvalue weighted by molar-refractivity contribution is 0.171. The summed E-state index contributed by atoms with van der Waals surface area (Å²) in [4.78, 5) is 4.55. The molecule has 2 heterocycles. The summed E-state index contributed by atoms with van der Waals surface area (Å²) in [5.74, 6) is 0.982. The molecule has 1 aromatic carbocycles. The van der Waals surface area contributed by atoms with Gasteiger partial charge < -0.3 is 9.47 Å². The second kappa shape index (κ2) is 5.61. The smallest absolute Gasteiger partial charge is 0.182 e. The predicted molar refractivity (Wildman–Crippen MR) is 82.0 cm³/mol. The summed E-state index contributed by atoms with van der Waals surface area (Å²) in [5.41, 5.74) is 2.32. The van der Waals surface area contributed by atoms with Crippen LogP contribution in [0.1, 0.15) is 17.0 Å². The second-order valence-corrected chi connectivity index (χ2v) is 7.25. The summed E-state index contributed by atoms with van der Waals surface area (Å²) in [6.07, 6.45) is 0. The first-order valence-corrected chi connectivity index (χ1v) is 8.66. The van der Waals surface area contributed by atoms with E-state index in [9.17, 15) is 8.42 Å². The molecule has 0 radical (unpaired) electrons. The summed E-state index contributed by atoms with van der Waals surface area (Å²) >= 11 is 0. The molecular weight excluding hydrogens is 302 g/mol. The average Bonchev–Trinajstić information content (AvgIpc) is 2.49. The maximum atomic E-state index is 12.6. The molecule has 22 heavy (non-hydrogen) atoms. The van der Waals surface area contributed by atoms with E-state index in [2.05, 4.69) is 4.98 Å². The summed E-state index contributed by atoms with van der Waals surface area (Å²) in [7, 11) is -3.46. The largest absolute Gasteiger partial charge is 0.486 e. The van der Waals surface area contributed by atoms with E-state index in [1.54, 1.807) is 12.1 Å². The lowest BCUT2D eigenvalue weighted by Gasteiger charge is -2.19. The van der Waals surface area contributed by atoms with Crippen LogP contribution in [0, 0.1) is 13.8 Å². The Labute approximate surface area is 129 Å². The van der Waals surface area contributed by atoms with E-state index in [4.69, 9.17) is 9.47 Å². The average molecular weight is 319 g/mol. The molecule has 0 saturated heterocycles. The topological polar surface area (TPSA) is 65.5 Å². The summed E-state index contributed by atoms with van der Waals surface area (Å²) < 4.78 is 36.1. The van der Waals surface area contributed by atoms with Crippen LogP contribution in [-0.4, -0.2) is 26.6 Å². The first-order chi connectivity index (χ1) is 10.5. The van der Waals surface area contributed by atoms with Crippen LogP contribution in [0.25, 0.3) is 0 Å². The van der Waals surface area contributed by atoms with E-state index in [1.807, 2.05) is 26.0 Å². The number of rotatable bonds is 3. The standard InChI is InChI=1S/C16H17NO4S/c1-11-3-4-13(12(2)17-11)10-22(18,19)14-5-6-15-16(9-14)21-8-7-20-15/h3-6,9H,7-8,10H2,1-2H3. The second-order valence-electron chi connectivity index (χ2n) is 5.26. The van der Waals surface area contributed by atoms with Crippen molar-refractivity contribution in [2.75, 3.05) is 13.2 Å². The fourth-order valence-corrected chi connectivity index (χ4v) is 3.82. The van der Waals surface area contributed by atoms with Crippen molar-refractivity contribution in [1.82, 2.24) is 4.98 Å². The van der Waals surface area contributed by atoms with Gasteiger partial charge in [0.05, 0.1) is 10.6 Å². The van der Waals surface area contributed by atoms with Gasteiger partial charge in [-0.25, -0.2) is 8.42 Å². The van der Waals surface area contributed by atoms with Crippen LogP contribution in [-0.2, 0) is 15.6 Å². The van der Waals surface area contributed by atoms with Gasteiger partial charge in [-0.15, -0.1) is 0 Å². The van der Waals surface area contributed by atoms with E-state index < -0.39 is 9.84 Å². The van der Waals surface area contributed by atoms with Gasteiger partial charge in [-0.1, -0.05) is 6.07 Å². The minimum absolute atomic E-state index is 0.0776. The molecule has 0 unspecified atom stereocenters. The zero-order valence-electron chi connectivity index (χ0n) is 12.5. The van der Waals surface area contributed by atoms with E-state index in [0.29, 0.717) is 30.3 Å². The van der Waals surface area contributed by atoms with E-state index in [-0.39, 0.29) is 10.6 Å². The Bertz CT molecular complexity index is 815. The number of ether oxygens (including phenoxy) is 2. The molecule has 1 aliphatic rings. The maximum absolute atomic E-state index is 12.6. The summed E-state index contributed by atoms with van der Waals surface area (Å²) in [6.45, 7) is 4.61. The van der Waals surface area contributed by atoms with Gasteiger partial charge in [-0.3, -0.25) is 4.98 Å². The van der Waals surface area contributed by atoms with Crippen molar-refractivity contribution in [3.05, 3.63) is 47.3 Å². The molecule has 0 fully saturated rings. The quantitative estimate of drug-likeness (QED) is 0.869. The number of nitrogens with zero attached hydrogens (tertiary/aromatic N) is 1. The number of hydrogen-bond acceptors (Lipinski definition) is 5. The van der Waals surface area contributed by atoms with Crippen molar-refractivity contribution in [3.63, 3.8) is 0 Å². The molecule has 116 valence electrons. The third kappa shape index (κ3) is 2.92. The van der Waals surface area contributed by atoms with Gasteiger partial charge in [0.2, 0.25) is 0 Å². The fourth-order valence-electron chi connectivity index (χ4n) is 2.37. The molecular formula is C16H17NO4S. The lowest BCUT2D eigenvalue weighted by Crippen LogP contribution is -2.16. The summed E-state index contributed by atoms with van der Waals surface area (Å²) in [6, 6.07) is 8.36. The SMILES string of the molecule is Cc1ccc(CS(=O)(=O)c2ccc3c(c2)OCCO3)c(C)n1. The number of sulfone groups is 1. The van der Waals surface area contributed by atoms with Gasteiger partial charge >= 0.3 is 0 Å². The van der Waals surface area contributed by atoms with Crippen LogP contribution in [0.5, 0.6) is 11.5 Å². The molecule has 3 rings (SSSR count). The highest BCUT2D eigenvalue weighted by atomic mass is 32.2. The van der Waals surface area contributed by atoms with Crippen LogP contribution in [0.3, 0.4) is 0 Å². The van der Waals surface area contributed by atoms with Gasteiger partial charge in [0.15, 0.2) is 21.3 Å². The van der Waals surface area contributed by atoms with Gasteiger partial charge in [-0.2, -0.15) is 0 Å². The van der Waals surface area contributed by atoms with Crippen molar-refractivity contribution in [2.24, 2.45) is 0 Å². The van der Waals surface area contributed by atoms with Crippen LogP contribution in [0.4, 0.5) is 0 Å².